The molecule has 0 radical (unpaired) electrons. The first-order valence-electron chi connectivity index (χ1n) is 7.32. The molecule has 0 fully saturated rings. The first kappa shape index (κ1) is 17.9. The molecule has 25 heavy (non-hydrogen) atoms. The number of nitriles is 1. The number of phenolic OH excluding ortho intramolecular Hbond substituents is 1. The highest BCUT2D eigenvalue weighted by atomic mass is 16.5. The van der Waals surface area contributed by atoms with Crippen molar-refractivity contribution >= 4 is 11.7 Å². The lowest BCUT2D eigenvalue weighted by atomic mass is 10.0. The Hall–Kier alpha value is -3.40. The zero-order chi connectivity index (χ0) is 18.4. The second kappa shape index (κ2) is 7.93. The van der Waals surface area contributed by atoms with Crippen LogP contribution in [0.1, 0.15) is 17.2 Å². The van der Waals surface area contributed by atoms with E-state index in [0.29, 0.717) is 22.7 Å². The lowest BCUT2D eigenvalue weighted by Gasteiger charge is -2.19. The van der Waals surface area contributed by atoms with E-state index in [1.165, 1.54) is 33.5 Å². The largest absolute Gasteiger partial charge is 0.506 e. The van der Waals surface area contributed by atoms with E-state index in [0.717, 1.165) is 0 Å². The van der Waals surface area contributed by atoms with Gasteiger partial charge >= 0.3 is 5.97 Å². The molecule has 7 nitrogen and oxygen atoms in total. The van der Waals surface area contributed by atoms with Gasteiger partial charge in [0.25, 0.3) is 0 Å². The quantitative estimate of drug-likeness (QED) is 0.778. The molecule has 2 aromatic carbocycles. The Balaban J connectivity index is 2.42. The van der Waals surface area contributed by atoms with E-state index in [9.17, 15) is 9.90 Å². The van der Waals surface area contributed by atoms with Crippen molar-refractivity contribution in [2.45, 2.75) is 6.04 Å². The van der Waals surface area contributed by atoms with Crippen molar-refractivity contribution in [3.8, 4) is 23.3 Å². The van der Waals surface area contributed by atoms with Crippen molar-refractivity contribution in [1.82, 2.24) is 0 Å². The molecule has 1 unspecified atom stereocenters. The molecule has 130 valence electrons. The molecular formula is C18H18N2O5. The van der Waals surface area contributed by atoms with Crippen LogP contribution in [0.25, 0.3) is 0 Å². The van der Waals surface area contributed by atoms with Crippen LogP contribution < -0.4 is 14.8 Å². The summed E-state index contributed by atoms with van der Waals surface area (Å²) in [5.41, 5.74) is 1.16. The van der Waals surface area contributed by atoms with E-state index in [2.05, 4.69) is 5.32 Å². The zero-order valence-electron chi connectivity index (χ0n) is 14.1. The number of carbonyl (C=O) groups excluding carboxylic acids is 1. The Kier molecular flexibility index (Phi) is 5.69. The molecule has 0 amide bonds. The predicted octanol–water partition coefficient (Wildman–Crippen LogP) is 2.61. The van der Waals surface area contributed by atoms with Crippen LogP contribution in [0.4, 0.5) is 5.69 Å². The Morgan fingerprint density at radius 2 is 1.76 bits per heavy atom. The highest BCUT2D eigenvalue weighted by molar-refractivity contribution is 5.81. The topological polar surface area (TPSA) is 101 Å². The Morgan fingerprint density at radius 1 is 1.12 bits per heavy atom. The summed E-state index contributed by atoms with van der Waals surface area (Å²) < 4.78 is 15.3. The van der Waals surface area contributed by atoms with Crippen molar-refractivity contribution in [2.75, 3.05) is 26.6 Å². The maximum absolute atomic E-state index is 12.2. The summed E-state index contributed by atoms with van der Waals surface area (Å²) in [7, 11) is 4.31. The van der Waals surface area contributed by atoms with Gasteiger partial charge in [-0.15, -0.1) is 0 Å². The molecule has 2 aromatic rings. The van der Waals surface area contributed by atoms with Crippen LogP contribution in [-0.2, 0) is 9.53 Å². The second-order valence-electron chi connectivity index (χ2n) is 5.09. The van der Waals surface area contributed by atoms with Gasteiger partial charge in [0.1, 0.15) is 23.3 Å². The van der Waals surface area contributed by atoms with Gasteiger partial charge in [-0.2, -0.15) is 5.26 Å². The molecule has 0 heterocycles. The van der Waals surface area contributed by atoms with Crippen molar-refractivity contribution in [2.24, 2.45) is 0 Å². The highest BCUT2D eigenvalue weighted by Gasteiger charge is 2.23. The maximum atomic E-state index is 12.2. The second-order valence-corrected chi connectivity index (χ2v) is 5.09. The standard InChI is InChI=1S/C18H18N2O5/c1-23-14-6-12(7-15(9-14)24-2)17(18(22)25-3)20-13-5-4-11(10-19)16(21)8-13/h4-9,17,20-21H,1-3H3. The Labute approximate surface area is 145 Å². The third-order valence-electron chi connectivity index (χ3n) is 3.57. The van der Waals surface area contributed by atoms with Crippen LogP contribution >= 0.6 is 0 Å². The Morgan fingerprint density at radius 3 is 2.24 bits per heavy atom. The molecule has 0 aliphatic heterocycles. The molecule has 0 saturated heterocycles. The summed E-state index contributed by atoms with van der Waals surface area (Å²) in [5, 5.41) is 21.7. The van der Waals surface area contributed by atoms with Crippen molar-refractivity contribution < 1.29 is 24.1 Å². The van der Waals surface area contributed by atoms with E-state index in [-0.39, 0.29) is 11.3 Å². The number of ether oxygens (including phenoxy) is 3. The number of esters is 1. The fourth-order valence-electron chi connectivity index (χ4n) is 2.27. The number of benzene rings is 2. The number of aromatic hydroxyl groups is 1. The van der Waals surface area contributed by atoms with Crippen LogP contribution in [0, 0.1) is 11.3 Å². The van der Waals surface area contributed by atoms with Crippen LogP contribution in [0.5, 0.6) is 17.2 Å². The van der Waals surface area contributed by atoms with Gasteiger partial charge in [0, 0.05) is 17.8 Å². The number of hydrogen-bond acceptors (Lipinski definition) is 7. The molecule has 0 aromatic heterocycles. The van der Waals surface area contributed by atoms with Gasteiger partial charge in [0.2, 0.25) is 0 Å². The van der Waals surface area contributed by atoms with Crippen LogP contribution in [0.2, 0.25) is 0 Å². The first-order valence-corrected chi connectivity index (χ1v) is 7.32. The van der Waals surface area contributed by atoms with Gasteiger partial charge in [-0.05, 0) is 29.8 Å². The number of carbonyl (C=O) groups is 1. The van der Waals surface area contributed by atoms with Gasteiger partial charge in [0.05, 0.1) is 26.9 Å². The molecule has 2 N–H and O–H groups in total. The molecule has 0 spiro atoms. The summed E-state index contributed by atoms with van der Waals surface area (Å²) in [4.78, 5) is 12.2. The molecule has 0 aliphatic carbocycles. The number of hydrogen-bond donors (Lipinski definition) is 2. The summed E-state index contributed by atoms with van der Waals surface area (Å²) in [6.07, 6.45) is 0. The average molecular weight is 342 g/mol. The third kappa shape index (κ3) is 4.12. The van der Waals surface area contributed by atoms with Crippen molar-refractivity contribution in [1.29, 1.82) is 5.26 Å². The minimum atomic E-state index is -0.860. The lowest BCUT2D eigenvalue weighted by molar-refractivity contribution is -0.141. The van der Waals surface area contributed by atoms with E-state index in [4.69, 9.17) is 19.5 Å². The summed E-state index contributed by atoms with van der Waals surface area (Å²) in [6, 6.07) is 10.5. The number of phenols is 1. The smallest absolute Gasteiger partial charge is 0.332 e. The summed E-state index contributed by atoms with van der Waals surface area (Å²) in [6.45, 7) is 0. The van der Waals surface area contributed by atoms with Gasteiger partial charge < -0.3 is 24.6 Å². The monoisotopic (exact) mass is 342 g/mol. The predicted molar refractivity (Wildman–Crippen MR) is 90.7 cm³/mol. The molecule has 0 bridgehead atoms. The van der Waals surface area contributed by atoms with Gasteiger partial charge in [0.15, 0.2) is 6.04 Å². The van der Waals surface area contributed by atoms with Crippen molar-refractivity contribution in [3.63, 3.8) is 0 Å². The fourth-order valence-corrected chi connectivity index (χ4v) is 2.27. The van der Waals surface area contributed by atoms with Crippen LogP contribution in [0.15, 0.2) is 36.4 Å². The fraction of sp³-hybridized carbons (Fsp3) is 0.222. The molecule has 1 atom stereocenters. The third-order valence-corrected chi connectivity index (χ3v) is 3.57. The molecule has 0 saturated carbocycles. The van der Waals surface area contributed by atoms with E-state index < -0.39 is 12.0 Å². The highest BCUT2D eigenvalue weighted by Crippen LogP contribution is 2.30. The van der Waals surface area contributed by atoms with Gasteiger partial charge in [-0.1, -0.05) is 0 Å². The number of methoxy groups -OCH3 is 3. The summed E-state index contributed by atoms with van der Waals surface area (Å²) >= 11 is 0. The summed E-state index contributed by atoms with van der Waals surface area (Å²) in [5.74, 6) is 0.332. The maximum Gasteiger partial charge on any atom is 0.332 e. The van der Waals surface area contributed by atoms with Crippen LogP contribution in [-0.4, -0.2) is 32.4 Å². The number of anilines is 1. The molecule has 0 aliphatic rings. The van der Waals surface area contributed by atoms with Gasteiger partial charge in [-0.25, -0.2) is 4.79 Å². The average Bonchev–Trinajstić information content (AvgIpc) is 2.65. The van der Waals surface area contributed by atoms with E-state index in [1.54, 1.807) is 24.3 Å². The minimum Gasteiger partial charge on any atom is -0.506 e. The van der Waals surface area contributed by atoms with E-state index in [1.807, 2.05) is 6.07 Å². The molecular weight excluding hydrogens is 324 g/mol. The SMILES string of the molecule is COC(=O)C(Nc1ccc(C#N)c(O)c1)c1cc(OC)cc(OC)c1. The first-order chi connectivity index (χ1) is 12.0. The zero-order valence-corrected chi connectivity index (χ0v) is 14.1. The minimum absolute atomic E-state index is 0.142. The normalized spacial score (nSPS) is 11.1. The Bertz CT molecular complexity index is 791. The van der Waals surface area contributed by atoms with Gasteiger partial charge in [-0.3, -0.25) is 0 Å². The number of nitrogens with zero attached hydrogens (tertiary/aromatic N) is 1. The number of nitrogens with one attached hydrogen (secondary N) is 1. The van der Waals surface area contributed by atoms with Crippen molar-refractivity contribution in [3.05, 3.63) is 47.5 Å². The van der Waals surface area contributed by atoms with Crippen LogP contribution in [0.3, 0.4) is 0 Å². The number of rotatable bonds is 6. The molecule has 7 heteroatoms. The lowest BCUT2D eigenvalue weighted by Crippen LogP contribution is -2.22. The van der Waals surface area contributed by atoms with E-state index >= 15 is 0 Å². The molecule has 2 rings (SSSR count).